The first-order valence-electron chi connectivity index (χ1n) is 7.50. The van der Waals surface area contributed by atoms with E-state index < -0.39 is 27.9 Å². The number of sulfonamides is 1. The quantitative estimate of drug-likeness (QED) is 0.768. The van der Waals surface area contributed by atoms with Gasteiger partial charge in [-0.1, -0.05) is 6.07 Å². The van der Waals surface area contributed by atoms with E-state index in [4.69, 9.17) is 4.74 Å². The van der Waals surface area contributed by atoms with E-state index in [1.54, 1.807) is 13.0 Å². The summed E-state index contributed by atoms with van der Waals surface area (Å²) in [7, 11) is -3.89. The van der Waals surface area contributed by atoms with Gasteiger partial charge in [0.15, 0.2) is 6.10 Å². The fraction of sp³-hybridized carbons (Fsp3) is 0.235. The van der Waals surface area contributed by atoms with E-state index in [1.807, 2.05) is 11.8 Å². The summed E-state index contributed by atoms with van der Waals surface area (Å²) in [5, 5.41) is 0. The van der Waals surface area contributed by atoms with Gasteiger partial charge < -0.3 is 4.74 Å². The monoisotopic (exact) mass is 366 g/mol. The van der Waals surface area contributed by atoms with Gasteiger partial charge in [-0.05, 0) is 68.3 Å². The van der Waals surface area contributed by atoms with Crippen LogP contribution in [0.3, 0.4) is 0 Å². The molecule has 134 valence electrons. The van der Waals surface area contributed by atoms with Crippen LogP contribution in [-0.4, -0.2) is 20.4 Å². The van der Waals surface area contributed by atoms with Crippen LogP contribution < -0.4 is 15.0 Å². The number of benzene rings is 2. The number of hydrazine groups is 1. The average Bonchev–Trinajstić information content (AvgIpc) is 2.57. The molecule has 2 N–H and O–H groups in total. The summed E-state index contributed by atoms with van der Waals surface area (Å²) in [6, 6.07) is 9.80. The summed E-state index contributed by atoms with van der Waals surface area (Å²) >= 11 is 0. The molecule has 0 fully saturated rings. The minimum Gasteiger partial charge on any atom is -0.481 e. The molecule has 0 bridgehead atoms. The lowest BCUT2D eigenvalue weighted by atomic mass is 10.1. The minimum absolute atomic E-state index is 0.0445. The van der Waals surface area contributed by atoms with Gasteiger partial charge in [0.25, 0.3) is 15.9 Å². The van der Waals surface area contributed by atoms with Gasteiger partial charge in [-0.25, -0.2) is 12.8 Å². The van der Waals surface area contributed by atoms with E-state index in [9.17, 15) is 17.6 Å². The number of carbonyl (C=O) groups is 1. The number of nitrogens with one attached hydrogen (secondary N) is 2. The molecular weight excluding hydrogens is 347 g/mol. The number of hydrogen-bond acceptors (Lipinski definition) is 4. The van der Waals surface area contributed by atoms with E-state index in [-0.39, 0.29) is 4.90 Å². The standard InChI is InChI=1S/C17H19FN2O4S/c1-11-4-9-16(10-12(11)2)25(22,23)20-19-17(21)13(3)24-15-7-5-14(18)6-8-15/h4-10,13,20H,1-3H3,(H,19,21)/t13-/m0/s1. The molecule has 1 atom stereocenters. The van der Waals surface area contributed by atoms with Crippen molar-refractivity contribution in [2.45, 2.75) is 31.8 Å². The zero-order valence-electron chi connectivity index (χ0n) is 14.0. The molecule has 2 rings (SSSR count). The first kappa shape index (κ1) is 18.9. The number of halogens is 1. The number of ether oxygens (including phenoxy) is 1. The zero-order valence-corrected chi connectivity index (χ0v) is 14.9. The summed E-state index contributed by atoms with van der Waals surface area (Å²) in [6.45, 7) is 5.12. The van der Waals surface area contributed by atoms with E-state index >= 15 is 0 Å². The van der Waals surface area contributed by atoms with Crippen LogP contribution in [-0.2, 0) is 14.8 Å². The maximum absolute atomic E-state index is 12.8. The molecule has 0 unspecified atom stereocenters. The first-order valence-corrected chi connectivity index (χ1v) is 8.98. The van der Waals surface area contributed by atoms with E-state index in [2.05, 4.69) is 5.43 Å². The molecule has 0 saturated carbocycles. The molecule has 0 spiro atoms. The van der Waals surface area contributed by atoms with Crippen LogP contribution in [0.4, 0.5) is 4.39 Å². The molecule has 0 saturated heterocycles. The van der Waals surface area contributed by atoms with Gasteiger partial charge in [0.2, 0.25) is 0 Å². The maximum Gasteiger partial charge on any atom is 0.275 e. The minimum atomic E-state index is -3.89. The molecule has 8 heteroatoms. The molecular formula is C17H19FN2O4S. The molecule has 6 nitrogen and oxygen atoms in total. The van der Waals surface area contributed by atoms with Crippen molar-refractivity contribution in [3.8, 4) is 5.75 Å². The van der Waals surface area contributed by atoms with Gasteiger partial charge in [-0.15, -0.1) is 4.83 Å². The van der Waals surface area contributed by atoms with Crippen molar-refractivity contribution in [2.24, 2.45) is 0 Å². The van der Waals surface area contributed by atoms with Crippen molar-refractivity contribution in [1.29, 1.82) is 0 Å². The third-order valence-electron chi connectivity index (χ3n) is 3.59. The Balaban J connectivity index is 1.97. The Labute approximate surface area is 146 Å². The molecule has 0 aliphatic rings. The fourth-order valence-corrected chi connectivity index (χ4v) is 2.86. The van der Waals surface area contributed by atoms with Crippen LogP contribution in [0.25, 0.3) is 0 Å². The van der Waals surface area contributed by atoms with Crippen LogP contribution in [0.1, 0.15) is 18.1 Å². The van der Waals surface area contributed by atoms with Crippen molar-refractivity contribution < 1.29 is 22.3 Å². The van der Waals surface area contributed by atoms with Crippen molar-refractivity contribution in [3.63, 3.8) is 0 Å². The number of hydrogen-bond donors (Lipinski definition) is 2. The molecule has 25 heavy (non-hydrogen) atoms. The summed E-state index contributed by atoms with van der Waals surface area (Å²) in [6.07, 6.45) is -0.979. The number of carbonyl (C=O) groups excluding carboxylic acids is 1. The molecule has 0 aromatic heterocycles. The molecule has 0 aliphatic heterocycles. The second kappa shape index (κ2) is 7.62. The highest BCUT2D eigenvalue weighted by atomic mass is 32.2. The topological polar surface area (TPSA) is 84.5 Å². The highest BCUT2D eigenvalue weighted by Crippen LogP contribution is 2.15. The smallest absolute Gasteiger partial charge is 0.275 e. The van der Waals surface area contributed by atoms with Crippen LogP contribution in [0.15, 0.2) is 47.4 Å². The highest BCUT2D eigenvalue weighted by Gasteiger charge is 2.19. The lowest BCUT2D eigenvalue weighted by Gasteiger charge is -2.15. The Kier molecular flexibility index (Phi) is 5.76. The van der Waals surface area contributed by atoms with Crippen molar-refractivity contribution in [3.05, 3.63) is 59.4 Å². The Morgan fingerprint density at radius 1 is 1.08 bits per heavy atom. The summed E-state index contributed by atoms with van der Waals surface area (Å²) in [5.41, 5.74) is 3.89. The first-order chi connectivity index (χ1) is 11.7. The maximum atomic E-state index is 12.8. The number of amides is 1. The molecule has 2 aromatic carbocycles. The molecule has 1 amide bonds. The zero-order chi connectivity index (χ0) is 18.6. The van der Waals surface area contributed by atoms with E-state index in [1.165, 1.54) is 43.3 Å². The Morgan fingerprint density at radius 3 is 2.32 bits per heavy atom. The summed E-state index contributed by atoms with van der Waals surface area (Å²) in [4.78, 5) is 14.1. The highest BCUT2D eigenvalue weighted by molar-refractivity contribution is 7.89. The van der Waals surface area contributed by atoms with Crippen molar-refractivity contribution in [1.82, 2.24) is 10.3 Å². The predicted molar refractivity (Wildman–Crippen MR) is 90.9 cm³/mol. The normalized spacial score (nSPS) is 12.5. The third kappa shape index (κ3) is 5.01. The molecule has 0 heterocycles. The average molecular weight is 366 g/mol. The predicted octanol–water partition coefficient (Wildman–Crippen LogP) is 2.22. The van der Waals surface area contributed by atoms with Crippen LogP contribution in [0, 0.1) is 19.7 Å². The van der Waals surface area contributed by atoms with Crippen LogP contribution in [0.2, 0.25) is 0 Å². The second-order valence-electron chi connectivity index (χ2n) is 5.55. The number of rotatable bonds is 6. The second-order valence-corrected chi connectivity index (χ2v) is 7.24. The van der Waals surface area contributed by atoms with E-state index in [0.717, 1.165) is 11.1 Å². The fourth-order valence-electron chi connectivity index (χ4n) is 1.93. The van der Waals surface area contributed by atoms with Gasteiger partial charge >= 0.3 is 0 Å². The summed E-state index contributed by atoms with van der Waals surface area (Å²) < 4.78 is 42.6. The lowest BCUT2D eigenvalue weighted by molar-refractivity contribution is -0.127. The third-order valence-corrected chi connectivity index (χ3v) is 4.84. The van der Waals surface area contributed by atoms with Gasteiger partial charge in [-0.3, -0.25) is 10.2 Å². The largest absolute Gasteiger partial charge is 0.481 e. The van der Waals surface area contributed by atoms with Gasteiger partial charge in [0, 0.05) is 0 Å². The van der Waals surface area contributed by atoms with E-state index in [0.29, 0.717) is 5.75 Å². The summed E-state index contributed by atoms with van der Waals surface area (Å²) in [5.74, 6) is -0.816. The SMILES string of the molecule is Cc1ccc(S(=O)(=O)NNC(=O)[C@H](C)Oc2ccc(F)cc2)cc1C. The molecule has 0 radical (unpaired) electrons. The number of aryl methyl sites for hydroxylation is 2. The van der Waals surface area contributed by atoms with Gasteiger partial charge in [0.1, 0.15) is 11.6 Å². The Hall–Kier alpha value is -2.45. The molecule has 0 aliphatic carbocycles. The lowest BCUT2D eigenvalue weighted by Crippen LogP contribution is -2.47. The molecule has 2 aromatic rings. The van der Waals surface area contributed by atoms with Gasteiger partial charge in [0.05, 0.1) is 4.90 Å². The Morgan fingerprint density at radius 2 is 1.72 bits per heavy atom. The Bertz CT molecular complexity index is 867. The van der Waals surface area contributed by atoms with Crippen LogP contribution in [0.5, 0.6) is 5.75 Å². The van der Waals surface area contributed by atoms with Crippen LogP contribution >= 0.6 is 0 Å². The van der Waals surface area contributed by atoms with Crippen molar-refractivity contribution >= 4 is 15.9 Å². The van der Waals surface area contributed by atoms with Gasteiger partial charge in [-0.2, -0.15) is 0 Å². The van der Waals surface area contributed by atoms with Crippen molar-refractivity contribution in [2.75, 3.05) is 0 Å².